The Bertz CT molecular complexity index is 787. The average molecular weight is 515 g/mol. The van der Waals surface area contributed by atoms with Crippen molar-refractivity contribution in [2.24, 2.45) is 0 Å². The largest absolute Gasteiger partial charge is 0.536 e. The maximum absolute atomic E-state index is 5.75. The highest BCUT2D eigenvalue weighted by Crippen LogP contribution is 2.41. The summed E-state index contributed by atoms with van der Waals surface area (Å²) in [7, 11) is 7.44. The summed E-state index contributed by atoms with van der Waals surface area (Å²) in [4.78, 5) is 2.33. The topological polar surface area (TPSA) is 55.4 Å². The third kappa shape index (κ3) is 5.35. The average Bonchev–Trinajstić information content (AvgIpc) is 2.85. The van der Waals surface area contributed by atoms with Gasteiger partial charge in [-0.25, -0.2) is 0 Å². The maximum Gasteiger partial charge on any atom is 0.536 e. The van der Waals surface area contributed by atoms with Crippen molar-refractivity contribution in [2.75, 3.05) is 42.7 Å². The van der Waals surface area contributed by atoms with E-state index in [4.69, 9.17) is 26.6 Å². The molecule has 0 N–H and O–H groups in total. The van der Waals surface area contributed by atoms with Crippen molar-refractivity contribution in [3.05, 3.63) is 47.5 Å². The Morgan fingerprint density at radius 1 is 0.562 bits per heavy atom. The Morgan fingerprint density at radius 3 is 1.12 bits per heavy atom. The van der Waals surface area contributed by atoms with E-state index in [1.54, 1.807) is 64.2 Å². The van der Waals surface area contributed by atoms with Gasteiger partial charge in [-0.1, -0.05) is 59.7 Å². The molecule has 6 nitrogen and oxygen atoms in total. The number of benzene rings is 2. The first-order valence-corrected chi connectivity index (χ1v) is 16.0. The highest BCUT2D eigenvalue weighted by Gasteiger charge is 2.44. The zero-order valence-electron chi connectivity index (χ0n) is 20.1. The van der Waals surface area contributed by atoms with E-state index in [1.165, 1.54) is 20.9 Å². The third-order valence-electron chi connectivity index (χ3n) is 5.47. The number of rotatable bonds is 13. The van der Waals surface area contributed by atoms with Crippen molar-refractivity contribution in [1.29, 1.82) is 0 Å². The predicted octanol–water partition coefficient (Wildman–Crippen LogP) is 3.78. The second-order valence-corrected chi connectivity index (χ2v) is 14.7. The van der Waals surface area contributed by atoms with E-state index >= 15 is 0 Å². The Morgan fingerprint density at radius 2 is 0.875 bits per heavy atom. The zero-order valence-corrected chi connectivity index (χ0v) is 23.8. The van der Waals surface area contributed by atoms with Crippen LogP contribution in [0.15, 0.2) is 46.2 Å². The second kappa shape index (κ2) is 12.7. The SMILES string of the molecule is CCc1c(SSc2cccc([Si](OC)(OC)OC)c2CC)cccc1[Si](OC)(OC)OC. The van der Waals surface area contributed by atoms with Crippen LogP contribution in [0.1, 0.15) is 25.0 Å². The molecule has 0 fully saturated rings. The first kappa shape index (κ1) is 27.6. The van der Waals surface area contributed by atoms with Crippen molar-refractivity contribution < 1.29 is 26.6 Å². The van der Waals surface area contributed by atoms with E-state index in [0.29, 0.717) is 0 Å². The van der Waals surface area contributed by atoms with Crippen molar-refractivity contribution in [2.45, 2.75) is 36.5 Å². The molecule has 0 amide bonds. The molecule has 0 aromatic heterocycles. The van der Waals surface area contributed by atoms with E-state index < -0.39 is 17.6 Å². The molecule has 10 heteroatoms. The fourth-order valence-electron chi connectivity index (χ4n) is 3.84. The fourth-order valence-corrected chi connectivity index (χ4v) is 10.9. The summed E-state index contributed by atoms with van der Waals surface area (Å²) in [6.45, 7) is 4.28. The molecule has 2 aromatic rings. The summed E-state index contributed by atoms with van der Waals surface area (Å²) in [5.41, 5.74) is 2.37. The zero-order chi connectivity index (χ0) is 23.8. The lowest BCUT2D eigenvalue weighted by molar-refractivity contribution is 0.139. The Kier molecular flexibility index (Phi) is 10.9. The van der Waals surface area contributed by atoms with Crippen LogP contribution >= 0.6 is 21.6 Å². The van der Waals surface area contributed by atoms with Crippen LogP contribution in [0.3, 0.4) is 0 Å². The summed E-state index contributed by atoms with van der Waals surface area (Å²) in [6, 6.07) is 12.4. The molecule has 2 aromatic carbocycles. The van der Waals surface area contributed by atoms with Crippen molar-refractivity contribution in [3.8, 4) is 0 Å². The lowest BCUT2D eigenvalue weighted by Gasteiger charge is -2.28. The van der Waals surface area contributed by atoms with Gasteiger partial charge in [0.15, 0.2) is 0 Å². The van der Waals surface area contributed by atoms with Gasteiger partial charge in [-0.2, -0.15) is 0 Å². The molecule has 0 aliphatic carbocycles. The predicted molar refractivity (Wildman–Crippen MR) is 136 cm³/mol. The van der Waals surface area contributed by atoms with Gasteiger partial charge >= 0.3 is 17.6 Å². The molecule has 0 spiro atoms. The molecule has 0 bridgehead atoms. The van der Waals surface area contributed by atoms with Gasteiger partial charge < -0.3 is 26.6 Å². The quantitative estimate of drug-likeness (QED) is 0.296. The summed E-state index contributed by atoms with van der Waals surface area (Å²) < 4.78 is 34.5. The molecule has 0 aliphatic heterocycles. The van der Waals surface area contributed by atoms with Crippen LogP contribution in [0.25, 0.3) is 0 Å². The first-order chi connectivity index (χ1) is 15.5. The third-order valence-corrected chi connectivity index (χ3v) is 13.5. The summed E-state index contributed by atoms with van der Waals surface area (Å²) in [5.74, 6) is 0. The smallest absolute Gasteiger partial charge is 0.373 e. The second-order valence-electron chi connectivity index (χ2n) is 6.78. The van der Waals surface area contributed by atoms with Gasteiger partial charge in [0, 0.05) is 62.8 Å². The maximum atomic E-state index is 5.75. The fraction of sp³-hybridized carbons (Fsp3) is 0.455. The van der Waals surface area contributed by atoms with Crippen LogP contribution < -0.4 is 10.4 Å². The molecular formula is C22H34O6S2Si2. The molecule has 0 heterocycles. The van der Waals surface area contributed by atoms with Crippen LogP contribution in [0, 0.1) is 0 Å². The minimum atomic E-state index is -2.93. The number of hydrogen-bond acceptors (Lipinski definition) is 8. The van der Waals surface area contributed by atoms with Crippen LogP contribution in [-0.2, 0) is 39.4 Å². The van der Waals surface area contributed by atoms with Gasteiger partial charge in [-0.05, 0) is 36.1 Å². The molecule has 0 saturated carbocycles. The molecule has 2 rings (SSSR count). The van der Waals surface area contributed by atoms with Crippen molar-refractivity contribution in [1.82, 2.24) is 0 Å². The highest BCUT2D eigenvalue weighted by atomic mass is 33.1. The van der Waals surface area contributed by atoms with Crippen LogP contribution in [0.5, 0.6) is 0 Å². The molecule has 0 unspecified atom stereocenters. The Balaban J connectivity index is 2.46. The minimum Gasteiger partial charge on any atom is -0.373 e. The summed E-state index contributed by atoms with van der Waals surface area (Å²) >= 11 is 0. The van der Waals surface area contributed by atoms with Crippen molar-refractivity contribution >= 4 is 49.6 Å². The van der Waals surface area contributed by atoms with Crippen LogP contribution in [0.2, 0.25) is 0 Å². The minimum absolute atomic E-state index is 0.845. The van der Waals surface area contributed by atoms with Gasteiger partial charge in [0.25, 0.3) is 0 Å². The Labute approximate surface area is 202 Å². The summed E-state index contributed by atoms with van der Waals surface area (Å²) in [6.07, 6.45) is 1.69. The van der Waals surface area contributed by atoms with Gasteiger partial charge in [-0.3, -0.25) is 0 Å². The molecule has 0 saturated heterocycles. The molecular weight excluding hydrogens is 481 g/mol. The number of hydrogen-bond donors (Lipinski definition) is 0. The molecule has 178 valence electrons. The van der Waals surface area contributed by atoms with Crippen LogP contribution in [-0.4, -0.2) is 60.3 Å². The molecule has 0 radical (unpaired) electrons. The lowest BCUT2D eigenvalue weighted by Crippen LogP contribution is -2.56. The lowest BCUT2D eigenvalue weighted by atomic mass is 10.2. The molecule has 0 atom stereocenters. The van der Waals surface area contributed by atoms with Gasteiger partial charge in [-0.15, -0.1) is 0 Å². The molecule has 32 heavy (non-hydrogen) atoms. The van der Waals surface area contributed by atoms with Gasteiger partial charge in [0.1, 0.15) is 0 Å². The Hall–Kier alpha value is -0.666. The van der Waals surface area contributed by atoms with Gasteiger partial charge in [0.05, 0.1) is 0 Å². The van der Waals surface area contributed by atoms with E-state index in [2.05, 4.69) is 26.0 Å². The van der Waals surface area contributed by atoms with Gasteiger partial charge in [0.2, 0.25) is 0 Å². The summed E-state index contributed by atoms with van der Waals surface area (Å²) in [5, 5.41) is 2.01. The standard InChI is InChI=1S/C22H34O6S2Si2/c1-9-17-19(13-11-15-21(17)31(23-3,24-4)25-5)29-30-20-14-12-16-22(18(20)10-2)32(26-6,27-7)28-8/h11-16H,9-10H2,1-8H3. The van der Waals surface area contributed by atoms with E-state index in [0.717, 1.165) is 23.2 Å². The molecule has 0 aliphatic rings. The monoisotopic (exact) mass is 514 g/mol. The normalized spacial score (nSPS) is 12.4. The van der Waals surface area contributed by atoms with E-state index in [-0.39, 0.29) is 0 Å². The highest BCUT2D eigenvalue weighted by molar-refractivity contribution is 8.76. The van der Waals surface area contributed by atoms with E-state index in [9.17, 15) is 0 Å². The van der Waals surface area contributed by atoms with Crippen LogP contribution in [0.4, 0.5) is 0 Å². The van der Waals surface area contributed by atoms with Crippen molar-refractivity contribution in [3.63, 3.8) is 0 Å². The van der Waals surface area contributed by atoms with E-state index in [1.807, 2.05) is 24.3 Å². The first-order valence-electron chi connectivity index (χ1n) is 10.4.